The van der Waals surface area contributed by atoms with E-state index in [2.05, 4.69) is 5.32 Å². The van der Waals surface area contributed by atoms with Gasteiger partial charge in [0.1, 0.15) is 5.82 Å². The molecular weight excluding hydrogens is 247 g/mol. The zero-order chi connectivity index (χ0) is 13.9. The van der Waals surface area contributed by atoms with Crippen molar-refractivity contribution in [1.82, 2.24) is 0 Å². The van der Waals surface area contributed by atoms with E-state index < -0.39 is 11.8 Å². The molecule has 0 aliphatic heterocycles. The summed E-state index contributed by atoms with van der Waals surface area (Å²) in [4.78, 5) is 10.8. The van der Waals surface area contributed by atoms with Gasteiger partial charge >= 0.3 is 5.97 Å². The Kier molecular flexibility index (Phi) is 3.70. The lowest BCUT2D eigenvalue weighted by atomic mass is 9.66. The van der Waals surface area contributed by atoms with Crippen molar-refractivity contribution in [2.45, 2.75) is 25.7 Å². The molecule has 0 amide bonds. The zero-order valence-electron chi connectivity index (χ0n) is 10.4. The normalized spacial score (nSPS) is 16.2. The lowest BCUT2D eigenvalue weighted by molar-refractivity contribution is -0.141. The predicted molar refractivity (Wildman–Crippen MR) is 68.1 cm³/mol. The number of nitriles is 1. The van der Waals surface area contributed by atoms with E-state index in [0.717, 1.165) is 19.3 Å². The molecule has 1 saturated carbocycles. The van der Waals surface area contributed by atoms with Crippen molar-refractivity contribution in [2.24, 2.45) is 5.41 Å². The highest BCUT2D eigenvalue weighted by atomic mass is 19.1. The lowest BCUT2D eigenvalue weighted by Gasteiger charge is -2.41. The zero-order valence-corrected chi connectivity index (χ0v) is 10.4. The highest BCUT2D eigenvalue weighted by Crippen LogP contribution is 2.44. The number of anilines is 1. The van der Waals surface area contributed by atoms with Gasteiger partial charge in [-0.1, -0.05) is 6.42 Å². The second-order valence-corrected chi connectivity index (χ2v) is 5.08. The summed E-state index contributed by atoms with van der Waals surface area (Å²) in [7, 11) is 0. The number of hydrogen-bond acceptors (Lipinski definition) is 3. The number of hydrogen-bond donors (Lipinski definition) is 2. The average molecular weight is 262 g/mol. The van der Waals surface area contributed by atoms with E-state index in [-0.39, 0.29) is 17.4 Å². The Hall–Kier alpha value is -2.09. The maximum absolute atomic E-state index is 13.7. The number of carboxylic acid groups (broad SMARTS) is 1. The van der Waals surface area contributed by atoms with Gasteiger partial charge in [-0.05, 0) is 36.5 Å². The van der Waals surface area contributed by atoms with E-state index >= 15 is 0 Å². The number of rotatable bonds is 5. The Labute approximate surface area is 110 Å². The monoisotopic (exact) mass is 262 g/mol. The van der Waals surface area contributed by atoms with Gasteiger partial charge in [-0.25, -0.2) is 4.39 Å². The Morgan fingerprint density at radius 3 is 2.74 bits per heavy atom. The third-order valence-corrected chi connectivity index (χ3v) is 3.69. The fourth-order valence-corrected chi connectivity index (χ4v) is 2.42. The third kappa shape index (κ3) is 3.02. The van der Waals surface area contributed by atoms with Gasteiger partial charge in [0.25, 0.3) is 0 Å². The lowest BCUT2D eigenvalue weighted by Crippen LogP contribution is -2.38. The van der Waals surface area contributed by atoms with Gasteiger partial charge in [-0.3, -0.25) is 4.79 Å². The first-order valence-electron chi connectivity index (χ1n) is 6.20. The summed E-state index contributed by atoms with van der Waals surface area (Å²) in [6.45, 7) is 0.447. The van der Waals surface area contributed by atoms with Crippen LogP contribution in [-0.2, 0) is 4.79 Å². The molecule has 0 spiro atoms. The smallest absolute Gasteiger partial charge is 0.303 e. The second kappa shape index (κ2) is 5.27. The molecule has 0 unspecified atom stereocenters. The van der Waals surface area contributed by atoms with Crippen LogP contribution >= 0.6 is 0 Å². The average Bonchev–Trinajstić information content (AvgIpc) is 2.33. The molecule has 4 nitrogen and oxygen atoms in total. The van der Waals surface area contributed by atoms with E-state index in [9.17, 15) is 9.18 Å². The molecule has 1 fully saturated rings. The summed E-state index contributed by atoms with van der Waals surface area (Å²) >= 11 is 0. The molecule has 5 heteroatoms. The predicted octanol–water partition coefficient (Wildman–Crippen LogP) is 2.75. The van der Waals surface area contributed by atoms with Gasteiger partial charge in [0, 0.05) is 6.54 Å². The molecule has 1 aliphatic rings. The number of carbonyl (C=O) groups is 1. The maximum atomic E-state index is 13.7. The van der Waals surface area contributed by atoms with Crippen LogP contribution in [0, 0.1) is 22.6 Å². The van der Waals surface area contributed by atoms with Crippen LogP contribution in [0.4, 0.5) is 10.1 Å². The molecule has 2 rings (SSSR count). The molecule has 0 heterocycles. The van der Waals surface area contributed by atoms with Crippen LogP contribution in [0.1, 0.15) is 31.2 Å². The van der Waals surface area contributed by atoms with E-state index in [4.69, 9.17) is 10.4 Å². The first-order valence-corrected chi connectivity index (χ1v) is 6.20. The molecule has 2 N–H and O–H groups in total. The van der Waals surface area contributed by atoms with E-state index in [0.29, 0.717) is 12.2 Å². The topological polar surface area (TPSA) is 73.1 Å². The summed E-state index contributed by atoms with van der Waals surface area (Å²) in [5, 5.41) is 20.5. The minimum absolute atomic E-state index is 0.109. The Morgan fingerprint density at radius 2 is 2.26 bits per heavy atom. The van der Waals surface area contributed by atoms with Crippen molar-refractivity contribution >= 4 is 11.7 Å². The summed E-state index contributed by atoms with van der Waals surface area (Å²) in [5.74, 6) is -1.30. The highest BCUT2D eigenvalue weighted by Gasteiger charge is 2.38. The van der Waals surface area contributed by atoms with E-state index in [1.165, 1.54) is 18.2 Å². The Morgan fingerprint density at radius 1 is 1.53 bits per heavy atom. The molecule has 0 bridgehead atoms. The van der Waals surface area contributed by atoms with Crippen LogP contribution in [0.3, 0.4) is 0 Å². The molecule has 100 valence electrons. The van der Waals surface area contributed by atoms with Gasteiger partial charge in [0.15, 0.2) is 0 Å². The largest absolute Gasteiger partial charge is 0.481 e. The quantitative estimate of drug-likeness (QED) is 0.855. The van der Waals surface area contributed by atoms with Gasteiger partial charge in [0.05, 0.1) is 23.7 Å². The fraction of sp³-hybridized carbons (Fsp3) is 0.429. The Bertz CT molecular complexity index is 533. The van der Waals surface area contributed by atoms with Gasteiger partial charge in [0.2, 0.25) is 0 Å². The summed E-state index contributed by atoms with van der Waals surface area (Å²) < 4.78 is 13.7. The molecule has 0 aromatic heterocycles. The number of nitrogens with one attached hydrogen (secondary N) is 1. The van der Waals surface area contributed by atoms with Gasteiger partial charge < -0.3 is 10.4 Å². The van der Waals surface area contributed by atoms with Crippen LogP contribution in [0.25, 0.3) is 0 Å². The molecular formula is C14H15FN2O2. The number of aliphatic carboxylic acids is 1. The number of halogens is 1. The van der Waals surface area contributed by atoms with Crippen molar-refractivity contribution in [3.05, 3.63) is 29.6 Å². The van der Waals surface area contributed by atoms with Gasteiger partial charge in [-0.15, -0.1) is 0 Å². The first-order chi connectivity index (χ1) is 9.04. The molecule has 0 saturated heterocycles. The van der Waals surface area contributed by atoms with Crippen molar-refractivity contribution in [3.63, 3.8) is 0 Å². The SMILES string of the molecule is N#Cc1ccc(NCC2(CC(=O)O)CCC2)c(F)c1. The van der Waals surface area contributed by atoms with Crippen LogP contribution in [0.2, 0.25) is 0 Å². The summed E-state index contributed by atoms with van der Waals surface area (Å²) in [6, 6.07) is 6.10. The van der Waals surface area contributed by atoms with E-state index in [1.54, 1.807) is 0 Å². The first kappa shape index (κ1) is 13.3. The third-order valence-electron chi connectivity index (χ3n) is 3.69. The number of benzene rings is 1. The van der Waals surface area contributed by atoms with Crippen LogP contribution in [-0.4, -0.2) is 17.6 Å². The molecule has 19 heavy (non-hydrogen) atoms. The Balaban J connectivity index is 2.02. The molecule has 1 aliphatic carbocycles. The maximum Gasteiger partial charge on any atom is 0.303 e. The molecule has 0 atom stereocenters. The van der Waals surface area contributed by atoms with Crippen molar-refractivity contribution in [1.29, 1.82) is 5.26 Å². The van der Waals surface area contributed by atoms with Crippen LogP contribution < -0.4 is 5.32 Å². The summed E-state index contributed by atoms with van der Waals surface area (Å²) in [5.41, 5.74) is 0.328. The van der Waals surface area contributed by atoms with Crippen molar-refractivity contribution in [3.8, 4) is 6.07 Å². The van der Waals surface area contributed by atoms with E-state index in [1.807, 2.05) is 6.07 Å². The number of carboxylic acids is 1. The summed E-state index contributed by atoms with van der Waals surface area (Å²) in [6.07, 6.45) is 2.83. The van der Waals surface area contributed by atoms with Gasteiger partial charge in [-0.2, -0.15) is 5.26 Å². The minimum Gasteiger partial charge on any atom is -0.481 e. The molecule has 1 aromatic carbocycles. The van der Waals surface area contributed by atoms with Crippen molar-refractivity contribution in [2.75, 3.05) is 11.9 Å². The highest BCUT2D eigenvalue weighted by molar-refractivity contribution is 5.68. The standard InChI is InChI=1S/C14H15FN2O2/c15-11-6-10(8-16)2-3-12(11)17-9-14(4-1-5-14)7-13(18)19/h2-3,6,17H,1,4-5,7,9H2,(H,18,19). The molecule has 0 radical (unpaired) electrons. The van der Waals surface area contributed by atoms with Crippen molar-refractivity contribution < 1.29 is 14.3 Å². The fourth-order valence-electron chi connectivity index (χ4n) is 2.42. The second-order valence-electron chi connectivity index (χ2n) is 5.08. The minimum atomic E-state index is -0.818. The van der Waals surface area contributed by atoms with Crippen LogP contribution in [0.5, 0.6) is 0 Å². The molecule has 1 aromatic rings. The van der Waals surface area contributed by atoms with Crippen LogP contribution in [0.15, 0.2) is 18.2 Å². The number of nitrogens with zero attached hydrogens (tertiary/aromatic N) is 1.